The van der Waals surface area contributed by atoms with E-state index < -0.39 is 0 Å². The molecular weight excluding hydrogens is 346 g/mol. The van der Waals surface area contributed by atoms with Gasteiger partial charge in [0.05, 0.1) is 23.8 Å². The first-order chi connectivity index (χ1) is 13.9. The van der Waals surface area contributed by atoms with Crippen LogP contribution in [0.4, 0.5) is 0 Å². The highest BCUT2D eigenvalue weighted by molar-refractivity contribution is 5.92. The van der Waals surface area contributed by atoms with Crippen LogP contribution in [0.25, 0.3) is 44.8 Å². The van der Waals surface area contributed by atoms with Gasteiger partial charge in [0.2, 0.25) is 0 Å². The van der Waals surface area contributed by atoms with E-state index in [9.17, 15) is 0 Å². The zero-order valence-corrected chi connectivity index (χ0v) is 15.0. The SMILES string of the molecule is c1ccc(-c2cn[nH]c2-c2ccncc2-c2[nH]ncc2-c2ccccc2)cc1. The number of nitrogens with zero attached hydrogens (tertiary/aromatic N) is 3. The Labute approximate surface area is 162 Å². The van der Waals surface area contributed by atoms with E-state index in [1.54, 1.807) is 6.20 Å². The minimum atomic E-state index is 0.933. The summed E-state index contributed by atoms with van der Waals surface area (Å²) in [6, 6.07) is 22.5. The summed E-state index contributed by atoms with van der Waals surface area (Å²) in [7, 11) is 0. The number of H-pyrrole nitrogens is 2. The molecule has 0 fully saturated rings. The summed E-state index contributed by atoms with van der Waals surface area (Å²) in [4.78, 5) is 4.37. The van der Waals surface area contributed by atoms with E-state index in [4.69, 9.17) is 0 Å². The van der Waals surface area contributed by atoms with Gasteiger partial charge in [0.25, 0.3) is 0 Å². The van der Waals surface area contributed by atoms with Gasteiger partial charge in [-0.05, 0) is 17.2 Å². The lowest BCUT2D eigenvalue weighted by Gasteiger charge is -2.10. The van der Waals surface area contributed by atoms with E-state index in [0.29, 0.717) is 0 Å². The molecule has 0 spiro atoms. The number of pyridine rings is 1. The molecule has 0 saturated heterocycles. The van der Waals surface area contributed by atoms with Crippen LogP contribution in [-0.4, -0.2) is 25.4 Å². The molecular formula is C23H17N5. The highest BCUT2D eigenvalue weighted by atomic mass is 15.1. The quantitative estimate of drug-likeness (QED) is 0.461. The van der Waals surface area contributed by atoms with E-state index in [1.165, 1.54) is 0 Å². The molecule has 28 heavy (non-hydrogen) atoms. The predicted molar refractivity (Wildman–Crippen MR) is 110 cm³/mol. The van der Waals surface area contributed by atoms with E-state index in [0.717, 1.165) is 44.8 Å². The van der Waals surface area contributed by atoms with Crippen LogP contribution < -0.4 is 0 Å². The van der Waals surface area contributed by atoms with Gasteiger partial charge in [0.1, 0.15) is 0 Å². The zero-order valence-electron chi connectivity index (χ0n) is 15.0. The van der Waals surface area contributed by atoms with Crippen LogP contribution >= 0.6 is 0 Å². The summed E-state index contributed by atoms with van der Waals surface area (Å²) in [5.41, 5.74) is 8.19. The molecule has 0 unspecified atom stereocenters. The maximum Gasteiger partial charge on any atom is 0.0751 e. The van der Waals surface area contributed by atoms with Crippen molar-refractivity contribution in [3.05, 3.63) is 91.5 Å². The van der Waals surface area contributed by atoms with E-state index >= 15 is 0 Å². The molecule has 0 aliphatic carbocycles. The van der Waals surface area contributed by atoms with Crippen molar-refractivity contribution in [2.24, 2.45) is 0 Å². The Morgan fingerprint density at radius 2 is 1.04 bits per heavy atom. The molecule has 5 nitrogen and oxygen atoms in total. The highest BCUT2D eigenvalue weighted by Gasteiger charge is 2.18. The van der Waals surface area contributed by atoms with Gasteiger partial charge in [0, 0.05) is 34.6 Å². The van der Waals surface area contributed by atoms with Crippen LogP contribution in [0.1, 0.15) is 0 Å². The number of aromatic nitrogens is 5. The molecule has 0 aliphatic rings. The summed E-state index contributed by atoms with van der Waals surface area (Å²) in [6.45, 7) is 0. The average Bonchev–Trinajstić information content (AvgIpc) is 3.45. The Morgan fingerprint density at radius 3 is 1.61 bits per heavy atom. The monoisotopic (exact) mass is 363 g/mol. The Hall–Kier alpha value is -3.99. The summed E-state index contributed by atoms with van der Waals surface area (Å²) >= 11 is 0. The fourth-order valence-electron chi connectivity index (χ4n) is 3.47. The molecule has 0 atom stereocenters. The van der Waals surface area contributed by atoms with Crippen LogP contribution in [0, 0.1) is 0 Å². The van der Waals surface area contributed by atoms with Crippen molar-refractivity contribution in [1.82, 2.24) is 25.4 Å². The molecule has 2 aromatic carbocycles. The Balaban J connectivity index is 1.68. The largest absolute Gasteiger partial charge is 0.277 e. The van der Waals surface area contributed by atoms with Crippen LogP contribution in [0.3, 0.4) is 0 Å². The second kappa shape index (κ2) is 6.96. The number of hydrogen-bond donors (Lipinski definition) is 2. The first kappa shape index (κ1) is 16.2. The average molecular weight is 363 g/mol. The van der Waals surface area contributed by atoms with Gasteiger partial charge in [-0.1, -0.05) is 60.7 Å². The van der Waals surface area contributed by atoms with Crippen molar-refractivity contribution in [3.8, 4) is 44.8 Å². The van der Waals surface area contributed by atoms with Crippen molar-refractivity contribution in [2.45, 2.75) is 0 Å². The van der Waals surface area contributed by atoms with Crippen LogP contribution in [0.2, 0.25) is 0 Å². The third-order valence-corrected chi connectivity index (χ3v) is 4.81. The maximum atomic E-state index is 4.37. The first-order valence-corrected chi connectivity index (χ1v) is 9.04. The third-order valence-electron chi connectivity index (χ3n) is 4.81. The number of benzene rings is 2. The molecule has 0 saturated carbocycles. The number of nitrogens with one attached hydrogen (secondary N) is 2. The Morgan fingerprint density at radius 1 is 0.500 bits per heavy atom. The van der Waals surface area contributed by atoms with E-state index in [1.807, 2.05) is 61.1 Å². The fraction of sp³-hybridized carbons (Fsp3) is 0. The number of rotatable bonds is 4. The number of hydrogen-bond acceptors (Lipinski definition) is 3. The smallest absolute Gasteiger partial charge is 0.0751 e. The van der Waals surface area contributed by atoms with Crippen molar-refractivity contribution >= 4 is 0 Å². The van der Waals surface area contributed by atoms with Gasteiger partial charge in [-0.25, -0.2) is 0 Å². The minimum absolute atomic E-state index is 0.933. The van der Waals surface area contributed by atoms with Crippen LogP contribution in [0.5, 0.6) is 0 Å². The molecule has 5 rings (SSSR count). The molecule has 3 heterocycles. The van der Waals surface area contributed by atoms with Crippen LogP contribution in [0.15, 0.2) is 91.5 Å². The first-order valence-electron chi connectivity index (χ1n) is 9.04. The summed E-state index contributed by atoms with van der Waals surface area (Å²) in [5, 5.41) is 14.9. The standard InChI is InChI=1S/C23H17N5/c1-3-7-16(8-4-1)19-14-25-27-22(19)18-11-12-24-13-21(18)23-20(15-26-28-23)17-9-5-2-6-10-17/h1-15H,(H,25,27)(H,26,28). The number of aromatic amines is 2. The normalized spacial score (nSPS) is 10.9. The Kier molecular flexibility index (Phi) is 4.03. The third kappa shape index (κ3) is 2.79. The molecule has 5 heteroatoms. The van der Waals surface area contributed by atoms with Gasteiger partial charge in [-0.2, -0.15) is 10.2 Å². The van der Waals surface area contributed by atoms with E-state index in [2.05, 4.69) is 49.6 Å². The predicted octanol–water partition coefficient (Wildman–Crippen LogP) is 5.20. The fourth-order valence-corrected chi connectivity index (χ4v) is 3.47. The van der Waals surface area contributed by atoms with Crippen molar-refractivity contribution in [2.75, 3.05) is 0 Å². The molecule has 0 amide bonds. The molecule has 3 aromatic heterocycles. The highest BCUT2D eigenvalue weighted by Crippen LogP contribution is 2.38. The van der Waals surface area contributed by atoms with Crippen molar-refractivity contribution < 1.29 is 0 Å². The van der Waals surface area contributed by atoms with Gasteiger partial charge >= 0.3 is 0 Å². The van der Waals surface area contributed by atoms with E-state index in [-0.39, 0.29) is 0 Å². The van der Waals surface area contributed by atoms with Crippen LogP contribution in [-0.2, 0) is 0 Å². The lowest BCUT2D eigenvalue weighted by Crippen LogP contribution is -1.91. The second-order valence-electron chi connectivity index (χ2n) is 6.47. The topological polar surface area (TPSA) is 70.2 Å². The summed E-state index contributed by atoms with van der Waals surface area (Å²) in [6.07, 6.45) is 7.38. The van der Waals surface area contributed by atoms with Gasteiger partial charge < -0.3 is 0 Å². The summed E-state index contributed by atoms with van der Waals surface area (Å²) in [5.74, 6) is 0. The molecule has 0 radical (unpaired) electrons. The zero-order chi connectivity index (χ0) is 18.8. The second-order valence-corrected chi connectivity index (χ2v) is 6.47. The Bertz CT molecular complexity index is 1110. The molecule has 0 aliphatic heterocycles. The molecule has 0 bridgehead atoms. The lowest BCUT2D eigenvalue weighted by molar-refractivity contribution is 1.08. The van der Waals surface area contributed by atoms with Crippen molar-refractivity contribution in [3.63, 3.8) is 0 Å². The summed E-state index contributed by atoms with van der Waals surface area (Å²) < 4.78 is 0. The van der Waals surface area contributed by atoms with Gasteiger partial charge in [0.15, 0.2) is 0 Å². The molecule has 5 aromatic rings. The van der Waals surface area contributed by atoms with Gasteiger partial charge in [-0.15, -0.1) is 0 Å². The van der Waals surface area contributed by atoms with Gasteiger partial charge in [-0.3, -0.25) is 15.2 Å². The minimum Gasteiger partial charge on any atom is -0.277 e. The van der Waals surface area contributed by atoms with Crippen molar-refractivity contribution in [1.29, 1.82) is 0 Å². The lowest BCUT2D eigenvalue weighted by atomic mass is 9.95. The molecule has 134 valence electrons. The molecule has 2 N–H and O–H groups in total. The maximum absolute atomic E-state index is 4.37.